The molecule has 3 rings (SSSR count). The Hall–Kier alpha value is -2.84. The first kappa shape index (κ1) is 18.9. The summed E-state index contributed by atoms with van der Waals surface area (Å²) >= 11 is 7.30. The van der Waals surface area contributed by atoms with Crippen LogP contribution in [0.3, 0.4) is 0 Å². The first-order valence-corrected chi connectivity index (χ1v) is 9.31. The summed E-state index contributed by atoms with van der Waals surface area (Å²) in [6, 6.07) is 13.7. The zero-order valence-electron chi connectivity index (χ0n) is 14.3. The zero-order chi connectivity index (χ0) is 19.2. The average Bonchev–Trinajstić information content (AvgIpc) is 3.01. The molecule has 9 heteroatoms. The summed E-state index contributed by atoms with van der Waals surface area (Å²) in [6.07, 6.45) is 1.43. The Labute approximate surface area is 165 Å². The highest BCUT2D eigenvalue weighted by Gasteiger charge is 2.20. The van der Waals surface area contributed by atoms with Gasteiger partial charge in [0.1, 0.15) is 0 Å². The number of hydrogen-bond acceptors (Lipinski definition) is 5. The lowest BCUT2D eigenvalue weighted by Crippen LogP contribution is -2.32. The maximum absolute atomic E-state index is 11.9. The number of carbonyl (C=O) groups is 1. The molecule has 0 aliphatic carbocycles. The van der Waals surface area contributed by atoms with E-state index in [1.165, 1.54) is 30.1 Å². The van der Waals surface area contributed by atoms with Gasteiger partial charge in [-0.05, 0) is 35.5 Å². The van der Waals surface area contributed by atoms with Gasteiger partial charge in [0.25, 0.3) is 11.7 Å². The normalized spacial score (nSPS) is 11.0. The van der Waals surface area contributed by atoms with Crippen LogP contribution < -0.4 is 15.1 Å². The molecule has 27 heavy (non-hydrogen) atoms. The summed E-state index contributed by atoms with van der Waals surface area (Å²) in [6.45, 7) is 0. The Morgan fingerprint density at radius 2 is 2.19 bits per heavy atom. The molecule has 2 aromatic carbocycles. The van der Waals surface area contributed by atoms with E-state index in [9.17, 15) is 9.90 Å². The monoisotopic (exact) mass is 401 g/mol. The molecular formula is C18H16ClN5O2S. The maximum atomic E-state index is 11.9. The van der Waals surface area contributed by atoms with Crippen LogP contribution in [-0.4, -0.2) is 28.1 Å². The van der Waals surface area contributed by atoms with Crippen molar-refractivity contribution in [3.05, 3.63) is 59.1 Å². The van der Waals surface area contributed by atoms with Gasteiger partial charge in [-0.25, -0.2) is 9.99 Å². The number of rotatable bonds is 6. The van der Waals surface area contributed by atoms with E-state index in [1.54, 1.807) is 18.2 Å². The molecule has 0 saturated carbocycles. The van der Waals surface area contributed by atoms with E-state index < -0.39 is 0 Å². The summed E-state index contributed by atoms with van der Waals surface area (Å²) in [5.41, 5.74) is 3.96. The number of amides is 1. The third-order valence-electron chi connectivity index (χ3n) is 3.57. The average molecular weight is 402 g/mol. The Morgan fingerprint density at radius 3 is 2.96 bits per heavy atom. The highest BCUT2D eigenvalue weighted by molar-refractivity contribution is 7.99. The van der Waals surface area contributed by atoms with Gasteiger partial charge in [-0.2, -0.15) is 5.10 Å². The van der Waals surface area contributed by atoms with Gasteiger partial charge in [-0.1, -0.05) is 41.9 Å². The van der Waals surface area contributed by atoms with Crippen molar-refractivity contribution in [3.8, 4) is 17.1 Å². The van der Waals surface area contributed by atoms with Crippen LogP contribution in [0, 0.1) is 0 Å². The molecule has 0 bridgehead atoms. The summed E-state index contributed by atoms with van der Waals surface area (Å²) in [5, 5.41) is 23.6. The Bertz CT molecular complexity index is 989. The lowest BCUT2D eigenvalue weighted by atomic mass is 10.2. The van der Waals surface area contributed by atoms with Gasteiger partial charge < -0.3 is 5.11 Å². The van der Waals surface area contributed by atoms with E-state index >= 15 is 0 Å². The number of halogens is 1. The molecule has 1 heterocycles. The smallest absolute Gasteiger partial charge is 0.337 e. The van der Waals surface area contributed by atoms with E-state index in [-0.39, 0.29) is 17.4 Å². The standard InChI is InChI=1S/C18H16ClN5O2S/c1-24-17(13-5-3-6-14(19)9-13)22-23-18(24)27-11-16(26)21-20-10-12-4-2-7-15(25)8-12/h2-10H,11H2,1H3,(H2,21,25,26). The first-order chi connectivity index (χ1) is 13.0. The van der Waals surface area contributed by atoms with Crippen LogP contribution in [0.4, 0.5) is 0 Å². The summed E-state index contributed by atoms with van der Waals surface area (Å²) in [7, 11) is 1.86. The molecule has 0 saturated heterocycles. The number of carbonyl (C=O) groups excluding carboxylic acids is 1. The van der Waals surface area contributed by atoms with Crippen molar-refractivity contribution in [2.45, 2.75) is 5.16 Å². The van der Waals surface area contributed by atoms with Gasteiger partial charge in [0.15, 0.2) is 0 Å². The maximum Gasteiger partial charge on any atom is 0.337 e. The summed E-state index contributed by atoms with van der Waals surface area (Å²) < 4.78 is 1.85. The second kappa shape index (κ2) is 8.70. The molecule has 0 unspecified atom stereocenters. The van der Waals surface area contributed by atoms with Gasteiger partial charge in [0.2, 0.25) is 0 Å². The molecule has 138 valence electrons. The van der Waals surface area contributed by atoms with Crippen molar-refractivity contribution in [3.63, 3.8) is 0 Å². The third-order valence-corrected chi connectivity index (χ3v) is 4.84. The van der Waals surface area contributed by atoms with Crippen LogP contribution >= 0.6 is 23.4 Å². The largest absolute Gasteiger partial charge is 0.872 e. The highest BCUT2D eigenvalue weighted by Crippen LogP contribution is 2.20. The molecule has 0 aliphatic heterocycles. The van der Waals surface area contributed by atoms with Crippen molar-refractivity contribution in [1.29, 1.82) is 0 Å². The van der Waals surface area contributed by atoms with Crippen LogP contribution in [-0.2, 0) is 11.8 Å². The van der Waals surface area contributed by atoms with Crippen molar-refractivity contribution in [2.24, 2.45) is 12.1 Å². The van der Waals surface area contributed by atoms with Crippen molar-refractivity contribution >= 4 is 35.5 Å². The minimum atomic E-state index is -0.276. The summed E-state index contributed by atoms with van der Waals surface area (Å²) in [4.78, 5) is 11.9. The fourth-order valence-electron chi connectivity index (χ4n) is 2.31. The second-order valence-electron chi connectivity index (χ2n) is 5.58. The molecule has 1 aromatic heterocycles. The molecule has 0 fully saturated rings. The number of thioether (sulfide) groups is 1. The quantitative estimate of drug-likeness (QED) is 0.285. The van der Waals surface area contributed by atoms with Gasteiger partial charge in [0.05, 0.1) is 29.7 Å². The van der Waals surface area contributed by atoms with E-state index in [0.29, 0.717) is 15.7 Å². The van der Waals surface area contributed by atoms with E-state index in [1.807, 2.05) is 29.8 Å². The number of nitrogens with zero attached hydrogens (tertiary/aromatic N) is 3. The molecule has 2 N–H and O–H groups in total. The van der Waals surface area contributed by atoms with Gasteiger partial charge >= 0.3 is 5.16 Å². The Morgan fingerprint density at radius 1 is 1.37 bits per heavy atom. The van der Waals surface area contributed by atoms with Crippen LogP contribution in [0.2, 0.25) is 5.02 Å². The summed E-state index contributed by atoms with van der Waals surface area (Å²) in [5.74, 6) is 0.548. The minimum absolute atomic E-state index is 0.109. The van der Waals surface area contributed by atoms with Gasteiger partial charge in [-0.15, -0.1) is 10.8 Å². The fraction of sp³-hybridized carbons (Fsp3) is 0.111. The lowest BCUT2D eigenvalue weighted by Gasteiger charge is -2.03. The number of aromatic nitrogens is 3. The Balaban J connectivity index is 1.56. The van der Waals surface area contributed by atoms with Crippen LogP contribution in [0.15, 0.2) is 58.8 Å². The van der Waals surface area contributed by atoms with E-state index in [4.69, 9.17) is 11.6 Å². The van der Waals surface area contributed by atoms with Crippen LogP contribution in [0.25, 0.3) is 11.4 Å². The molecular weight excluding hydrogens is 386 g/mol. The van der Waals surface area contributed by atoms with Crippen molar-refractivity contribution < 1.29 is 14.5 Å². The number of hydrogen-bond donors (Lipinski definition) is 2. The highest BCUT2D eigenvalue weighted by atomic mass is 35.5. The first-order valence-electron chi connectivity index (χ1n) is 7.95. The molecule has 0 atom stereocenters. The lowest BCUT2D eigenvalue weighted by molar-refractivity contribution is -0.698. The fourth-order valence-corrected chi connectivity index (χ4v) is 3.22. The van der Waals surface area contributed by atoms with E-state index in [2.05, 4.69) is 20.7 Å². The molecule has 1 amide bonds. The van der Waals surface area contributed by atoms with E-state index in [0.717, 1.165) is 11.4 Å². The number of nitrogens with one attached hydrogen (secondary N) is 2. The molecule has 7 nitrogen and oxygen atoms in total. The number of aromatic amines is 1. The SMILES string of the molecule is C[n+]1c(SCC(=O)NN=Cc2cccc([O-])c2)n[nH]c1-c1cccc(Cl)c1. The molecule has 0 aliphatic rings. The third kappa shape index (κ3) is 5.08. The number of benzene rings is 2. The molecule has 0 radical (unpaired) electrons. The predicted octanol–water partition coefficient (Wildman–Crippen LogP) is 1.87. The van der Waals surface area contributed by atoms with Crippen molar-refractivity contribution in [1.82, 2.24) is 15.6 Å². The van der Waals surface area contributed by atoms with Crippen LogP contribution in [0.5, 0.6) is 5.75 Å². The Kier molecular flexibility index (Phi) is 6.10. The molecule has 3 aromatic rings. The van der Waals surface area contributed by atoms with Crippen LogP contribution in [0.1, 0.15) is 5.56 Å². The minimum Gasteiger partial charge on any atom is -0.872 e. The topological polar surface area (TPSA) is 97.1 Å². The van der Waals surface area contributed by atoms with Gasteiger partial charge in [-0.3, -0.25) is 4.79 Å². The number of H-pyrrole nitrogens is 1. The zero-order valence-corrected chi connectivity index (χ0v) is 15.9. The predicted molar refractivity (Wildman–Crippen MR) is 103 cm³/mol. The second-order valence-corrected chi connectivity index (χ2v) is 6.96. The molecule has 0 spiro atoms. The van der Waals surface area contributed by atoms with Gasteiger partial charge in [0, 0.05) is 5.02 Å². The number of hydrazone groups is 1. The van der Waals surface area contributed by atoms with Crippen molar-refractivity contribution in [2.75, 3.05) is 5.75 Å².